The normalized spacial score (nSPS) is 10.3. The number of amides is 1. The van der Waals surface area contributed by atoms with E-state index in [1.54, 1.807) is 18.3 Å². The van der Waals surface area contributed by atoms with Gasteiger partial charge in [-0.15, -0.1) is 10.2 Å². The number of carbonyl (C=O) groups is 1. The van der Waals surface area contributed by atoms with Crippen molar-refractivity contribution in [2.45, 2.75) is 6.61 Å². The summed E-state index contributed by atoms with van der Waals surface area (Å²) in [6.07, 6.45) is 3.06. The number of carbonyl (C=O) groups excluding carboxylic acids is 1. The molecule has 0 bridgehead atoms. The first-order valence-corrected chi connectivity index (χ1v) is 7.44. The number of hydrogen-bond acceptors (Lipinski definition) is 6. The van der Waals surface area contributed by atoms with Gasteiger partial charge in [-0.3, -0.25) is 15.1 Å². The average molecular weight is 330 g/mol. The molecule has 0 fully saturated rings. The van der Waals surface area contributed by atoms with Crippen LogP contribution >= 0.6 is 11.3 Å². The second-order valence-corrected chi connectivity index (χ2v) is 5.50. The third-order valence-electron chi connectivity index (χ3n) is 2.79. The van der Waals surface area contributed by atoms with Gasteiger partial charge in [-0.25, -0.2) is 4.39 Å². The fraction of sp³-hybridized carbons (Fsp3) is 0.0667. The topological polar surface area (TPSA) is 77.0 Å². The molecule has 3 aromatic rings. The number of anilines is 1. The molecule has 116 valence electrons. The number of hydrogen-bond donors (Lipinski definition) is 1. The summed E-state index contributed by atoms with van der Waals surface area (Å²) < 4.78 is 18.3. The Morgan fingerprint density at radius 3 is 2.78 bits per heavy atom. The second kappa shape index (κ2) is 6.93. The molecule has 8 heteroatoms. The maximum absolute atomic E-state index is 12.8. The minimum Gasteiger partial charge on any atom is -0.486 e. The van der Waals surface area contributed by atoms with E-state index < -0.39 is 0 Å². The van der Waals surface area contributed by atoms with Gasteiger partial charge in [0.1, 0.15) is 18.2 Å². The Morgan fingerprint density at radius 1 is 1.22 bits per heavy atom. The van der Waals surface area contributed by atoms with Gasteiger partial charge in [0, 0.05) is 12.4 Å². The van der Waals surface area contributed by atoms with Crippen LogP contribution in [0.2, 0.25) is 0 Å². The van der Waals surface area contributed by atoms with Gasteiger partial charge in [0.2, 0.25) is 5.13 Å². The highest BCUT2D eigenvalue weighted by atomic mass is 32.1. The molecule has 1 amide bonds. The van der Waals surface area contributed by atoms with E-state index in [0.29, 0.717) is 21.5 Å². The molecule has 1 N–H and O–H groups in total. The van der Waals surface area contributed by atoms with Crippen LogP contribution in [0, 0.1) is 5.82 Å². The van der Waals surface area contributed by atoms with Gasteiger partial charge in [0.05, 0.1) is 5.56 Å². The first-order valence-electron chi connectivity index (χ1n) is 6.63. The molecule has 3 rings (SSSR count). The van der Waals surface area contributed by atoms with Crippen molar-refractivity contribution in [1.29, 1.82) is 0 Å². The van der Waals surface area contributed by atoms with Crippen molar-refractivity contribution in [3.63, 3.8) is 0 Å². The molecular weight excluding hydrogens is 319 g/mol. The molecule has 0 aliphatic heterocycles. The first kappa shape index (κ1) is 15.0. The molecule has 0 saturated carbocycles. The second-order valence-electron chi connectivity index (χ2n) is 4.44. The zero-order chi connectivity index (χ0) is 16.1. The maximum atomic E-state index is 12.8. The summed E-state index contributed by atoms with van der Waals surface area (Å²) in [4.78, 5) is 15.8. The summed E-state index contributed by atoms with van der Waals surface area (Å²) in [5, 5.41) is 11.4. The number of aromatic nitrogens is 3. The molecule has 0 aliphatic carbocycles. The molecule has 2 heterocycles. The number of halogens is 1. The van der Waals surface area contributed by atoms with E-state index in [1.165, 1.54) is 41.8 Å². The number of nitrogens with one attached hydrogen (secondary N) is 1. The third-order valence-corrected chi connectivity index (χ3v) is 3.60. The highest BCUT2D eigenvalue weighted by molar-refractivity contribution is 7.15. The molecule has 0 atom stereocenters. The third kappa shape index (κ3) is 4.07. The lowest BCUT2D eigenvalue weighted by Gasteiger charge is -2.02. The van der Waals surface area contributed by atoms with Crippen LogP contribution in [0.25, 0.3) is 0 Å². The molecule has 23 heavy (non-hydrogen) atoms. The van der Waals surface area contributed by atoms with Crippen molar-refractivity contribution in [3.8, 4) is 5.75 Å². The highest BCUT2D eigenvalue weighted by Gasteiger charge is 2.10. The monoisotopic (exact) mass is 330 g/mol. The van der Waals surface area contributed by atoms with Crippen molar-refractivity contribution in [2.75, 3.05) is 5.32 Å². The molecule has 0 spiro atoms. The van der Waals surface area contributed by atoms with E-state index in [0.717, 1.165) is 0 Å². The Bertz CT molecular complexity index is 793. The molecule has 0 unspecified atom stereocenters. The fourth-order valence-corrected chi connectivity index (χ4v) is 2.35. The summed E-state index contributed by atoms with van der Waals surface area (Å²) in [6, 6.07) is 9.02. The van der Waals surface area contributed by atoms with Crippen LogP contribution in [0.1, 0.15) is 15.4 Å². The number of nitrogens with zero attached hydrogens (tertiary/aromatic N) is 3. The lowest BCUT2D eigenvalue weighted by atomic mass is 10.3. The van der Waals surface area contributed by atoms with E-state index in [9.17, 15) is 9.18 Å². The maximum Gasteiger partial charge on any atom is 0.259 e. The van der Waals surface area contributed by atoms with Crippen LogP contribution < -0.4 is 10.1 Å². The van der Waals surface area contributed by atoms with Gasteiger partial charge in [0.15, 0.2) is 5.01 Å². The Kier molecular flexibility index (Phi) is 4.53. The fourth-order valence-electron chi connectivity index (χ4n) is 1.70. The van der Waals surface area contributed by atoms with Crippen molar-refractivity contribution in [1.82, 2.24) is 15.2 Å². The van der Waals surface area contributed by atoms with Crippen LogP contribution in [-0.4, -0.2) is 21.1 Å². The van der Waals surface area contributed by atoms with Crippen molar-refractivity contribution in [2.24, 2.45) is 0 Å². The molecule has 0 aliphatic rings. The quantitative estimate of drug-likeness (QED) is 0.778. The van der Waals surface area contributed by atoms with Crippen LogP contribution in [0.5, 0.6) is 5.75 Å². The summed E-state index contributed by atoms with van der Waals surface area (Å²) in [6.45, 7) is 0.187. The smallest absolute Gasteiger partial charge is 0.259 e. The molecule has 0 saturated heterocycles. The molecule has 0 radical (unpaired) electrons. The zero-order valence-corrected chi connectivity index (χ0v) is 12.6. The summed E-state index contributed by atoms with van der Waals surface area (Å²) >= 11 is 1.20. The van der Waals surface area contributed by atoms with Crippen molar-refractivity contribution >= 4 is 22.4 Å². The highest BCUT2D eigenvalue weighted by Crippen LogP contribution is 2.19. The van der Waals surface area contributed by atoms with Gasteiger partial charge in [-0.2, -0.15) is 0 Å². The predicted molar refractivity (Wildman–Crippen MR) is 82.8 cm³/mol. The number of benzene rings is 1. The van der Waals surface area contributed by atoms with Gasteiger partial charge >= 0.3 is 0 Å². The Labute approximate surface area is 135 Å². The van der Waals surface area contributed by atoms with Gasteiger partial charge < -0.3 is 4.74 Å². The first-order chi connectivity index (χ1) is 11.2. The predicted octanol–water partition coefficient (Wildman–Crippen LogP) is 2.90. The Morgan fingerprint density at radius 2 is 2.04 bits per heavy atom. The molecular formula is C15H11FN4O2S. The van der Waals surface area contributed by atoms with E-state index >= 15 is 0 Å². The largest absolute Gasteiger partial charge is 0.486 e. The Balaban J connectivity index is 1.57. The van der Waals surface area contributed by atoms with E-state index in [-0.39, 0.29) is 18.3 Å². The van der Waals surface area contributed by atoms with Crippen LogP contribution in [0.3, 0.4) is 0 Å². The van der Waals surface area contributed by atoms with Gasteiger partial charge in [0.25, 0.3) is 5.91 Å². The number of ether oxygens (including phenoxy) is 1. The molecule has 6 nitrogen and oxygen atoms in total. The van der Waals surface area contributed by atoms with Gasteiger partial charge in [-0.1, -0.05) is 11.3 Å². The average Bonchev–Trinajstić information content (AvgIpc) is 3.02. The molecule has 2 aromatic heterocycles. The SMILES string of the molecule is O=C(Nc1nnc(COc2ccc(F)cc2)s1)c1cccnc1. The molecule has 1 aromatic carbocycles. The van der Waals surface area contributed by atoms with Crippen molar-refractivity contribution in [3.05, 3.63) is 65.2 Å². The lowest BCUT2D eigenvalue weighted by molar-refractivity contribution is 0.102. The standard InChI is InChI=1S/C15H11FN4O2S/c16-11-3-5-12(6-4-11)22-9-13-19-20-15(23-13)18-14(21)10-2-1-7-17-8-10/h1-8H,9H2,(H,18,20,21). The zero-order valence-electron chi connectivity index (χ0n) is 11.8. The summed E-state index contributed by atoms with van der Waals surface area (Å²) in [5.74, 6) is -0.100. The number of rotatable bonds is 5. The van der Waals surface area contributed by atoms with Crippen LogP contribution in [0.15, 0.2) is 48.8 Å². The summed E-state index contributed by atoms with van der Waals surface area (Å²) in [7, 11) is 0. The Hall–Kier alpha value is -2.87. The van der Waals surface area contributed by atoms with Crippen LogP contribution in [-0.2, 0) is 6.61 Å². The number of pyridine rings is 1. The lowest BCUT2D eigenvalue weighted by Crippen LogP contribution is -2.11. The minimum atomic E-state index is -0.325. The van der Waals surface area contributed by atoms with E-state index in [4.69, 9.17) is 4.74 Å². The van der Waals surface area contributed by atoms with Crippen LogP contribution in [0.4, 0.5) is 9.52 Å². The van der Waals surface area contributed by atoms with Gasteiger partial charge in [-0.05, 0) is 36.4 Å². The minimum absolute atomic E-state index is 0.187. The van der Waals surface area contributed by atoms with E-state index in [1.807, 2.05) is 0 Å². The van der Waals surface area contributed by atoms with Crippen molar-refractivity contribution < 1.29 is 13.9 Å². The summed E-state index contributed by atoms with van der Waals surface area (Å²) in [5.41, 5.74) is 0.437. The van der Waals surface area contributed by atoms with E-state index in [2.05, 4.69) is 20.5 Å².